The lowest BCUT2D eigenvalue weighted by atomic mass is 10.1. The zero-order chi connectivity index (χ0) is 21.8. The Hall–Kier alpha value is -2.72. The van der Waals surface area contributed by atoms with Gasteiger partial charge in [0.2, 0.25) is 0 Å². The number of azide groups is 1. The van der Waals surface area contributed by atoms with E-state index < -0.39 is 22.2 Å². The van der Waals surface area contributed by atoms with Crippen LogP contribution in [0.5, 0.6) is 5.75 Å². The second-order valence-electron chi connectivity index (χ2n) is 7.55. The van der Waals surface area contributed by atoms with Crippen LogP contribution in [0.15, 0.2) is 17.2 Å². The van der Waals surface area contributed by atoms with Crippen LogP contribution < -0.4 is 9.08 Å². The van der Waals surface area contributed by atoms with Crippen LogP contribution >= 0.6 is 0 Å². The highest BCUT2D eigenvalue weighted by Gasteiger charge is 2.27. The maximum absolute atomic E-state index is 13.1. The Bertz CT molecular complexity index is 917. The minimum atomic E-state index is -5.21. The van der Waals surface area contributed by atoms with E-state index in [2.05, 4.69) is 14.2 Å². The third-order valence-corrected chi connectivity index (χ3v) is 4.62. The number of rotatable bonds is 5. The van der Waals surface area contributed by atoms with Gasteiger partial charge in [0.1, 0.15) is 5.60 Å². The summed E-state index contributed by atoms with van der Waals surface area (Å²) in [5, 5.41) is 3.49. The summed E-state index contributed by atoms with van der Waals surface area (Å²) < 4.78 is 44.8. The number of nitrogens with zero attached hydrogens (tertiary/aromatic N) is 5. The molecule has 160 valence electrons. The molecule has 0 aliphatic carbocycles. The first-order chi connectivity index (χ1) is 13.4. The SMILES string of the molecule is Cc1c(CN=[N+]=[N-])cc(N2CCN(C(=O)OC(C)(C)C)CC2)cc1OS(=O)(=O)F. The Labute approximate surface area is 169 Å². The van der Waals surface area contributed by atoms with E-state index in [0.717, 1.165) is 0 Å². The summed E-state index contributed by atoms with van der Waals surface area (Å²) in [6, 6.07) is 3.14. The van der Waals surface area contributed by atoms with Crippen molar-refractivity contribution in [3.05, 3.63) is 33.7 Å². The van der Waals surface area contributed by atoms with E-state index >= 15 is 0 Å². The van der Waals surface area contributed by atoms with Crippen LogP contribution in [0.3, 0.4) is 0 Å². The molecule has 1 aromatic carbocycles. The average Bonchev–Trinajstić information content (AvgIpc) is 2.60. The molecule has 12 heteroatoms. The van der Waals surface area contributed by atoms with Crippen LogP contribution in [-0.4, -0.2) is 51.2 Å². The first-order valence-electron chi connectivity index (χ1n) is 8.91. The maximum Gasteiger partial charge on any atom is 0.488 e. The molecule has 1 fully saturated rings. The van der Waals surface area contributed by atoms with Crippen molar-refractivity contribution in [2.75, 3.05) is 31.1 Å². The van der Waals surface area contributed by atoms with Crippen molar-refractivity contribution < 1.29 is 26.0 Å². The van der Waals surface area contributed by atoms with Gasteiger partial charge in [0.25, 0.3) is 0 Å². The molecule has 0 N–H and O–H groups in total. The molecule has 2 rings (SSSR count). The summed E-state index contributed by atoms with van der Waals surface area (Å²) in [7, 11) is -5.21. The standard InChI is InChI=1S/C17H24FN5O5S/c1-12-13(11-20-21-19)9-14(10-15(12)28-29(18,25)26)22-5-7-23(8-6-22)16(24)27-17(2,3)4/h9-10H,5-8,11H2,1-4H3. The smallest absolute Gasteiger partial charge is 0.444 e. The van der Waals surface area contributed by atoms with Crippen molar-refractivity contribution >= 4 is 22.3 Å². The molecular formula is C17H24FN5O5S. The molecule has 1 amide bonds. The van der Waals surface area contributed by atoms with Gasteiger partial charge in [-0.2, -0.15) is 8.42 Å². The first-order valence-corrected chi connectivity index (χ1v) is 10.2. The lowest BCUT2D eigenvalue weighted by Gasteiger charge is -2.37. The van der Waals surface area contributed by atoms with Gasteiger partial charge in [0.05, 0.1) is 6.54 Å². The van der Waals surface area contributed by atoms with Crippen LogP contribution in [-0.2, 0) is 21.8 Å². The Balaban J connectivity index is 2.22. The molecule has 10 nitrogen and oxygen atoms in total. The molecular weight excluding hydrogens is 405 g/mol. The number of anilines is 1. The molecule has 0 radical (unpaired) electrons. The third kappa shape index (κ3) is 6.68. The minimum Gasteiger partial charge on any atom is -0.444 e. The highest BCUT2D eigenvalue weighted by Crippen LogP contribution is 2.31. The zero-order valence-electron chi connectivity index (χ0n) is 16.8. The molecule has 1 aromatic rings. The third-order valence-electron chi connectivity index (χ3n) is 4.24. The van der Waals surface area contributed by atoms with E-state index in [-0.39, 0.29) is 12.3 Å². The normalized spacial score (nSPS) is 14.9. The topological polar surface area (TPSA) is 125 Å². The number of carbonyl (C=O) groups excluding carboxylic acids is 1. The predicted octanol–water partition coefficient (Wildman–Crippen LogP) is 3.46. The monoisotopic (exact) mass is 429 g/mol. The second kappa shape index (κ2) is 8.75. The lowest BCUT2D eigenvalue weighted by Crippen LogP contribution is -2.50. The van der Waals surface area contributed by atoms with Gasteiger partial charge in [0.15, 0.2) is 5.75 Å². The van der Waals surface area contributed by atoms with Crippen molar-refractivity contribution in [3.63, 3.8) is 0 Å². The quantitative estimate of drug-likeness (QED) is 0.305. The predicted molar refractivity (Wildman–Crippen MR) is 105 cm³/mol. The summed E-state index contributed by atoms with van der Waals surface area (Å²) in [6.45, 7) is 8.56. The molecule has 1 saturated heterocycles. The van der Waals surface area contributed by atoms with Gasteiger partial charge in [0, 0.05) is 42.8 Å². The van der Waals surface area contributed by atoms with Crippen LogP contribution in [0.1, 0.15) is 31.9 Å². The van der Waals surface area contributed by atoms with Crippen LogP contribution in [0.2, 0.25) is 0 Å². The molecule has 0 saturated carbocycles. The first kappa shape index (κ1) is 22.6. The number of piperazine rings is 1. The Kier molecular flexibility index (Phi) is 6.81. The molecule has 1 heterocycles. The number of benzene rings is 1. The lowest BCUT2D eigenvalue weighted by molar-refractivity contribution is 0.0240. The van der Waals surface area contributed by atoms with Crippen LogP contribution in [0.4, 0.5) is 14.4 Å². The highest BCUT2D eigenvalue weighted by molar-refractivity contribution is 7.81. The molecule has 1 aliphatic heterocycles. The van der Waals surface area contributed by atoms with Gasteiger partial charge in [-0.05, 0) is 50.4 Å². The van der Waals surface area contributed by atoms with E-state index in [1.807, 2.05) is 4.90 Å². The van der Waals surface area contributed by atoms with Gasteiger partial charge < -0.3 is 18.7 Å². The zero-order valence-corrected chi connectivity index (χ0v) is 17.6. The fourth-order valence-corrected chi connectivity index (χ4v) is 3.24. The van der Waals surface area contributed by atoms with Crippen molar-refractivity contribution in [1.29, 1.82) is 0 Å². The van der Waals surface area contributed by atoms with E-state index in [9.17, 15) is 17.1 Å². The van der Waals surface area contributed by atoms with E-state index in [1.165, 1.54) is 6.07 Å². The number of halogens is 1. The van der Waals surface area contributed by atoms with Crippen LogP contribution in [0.25, 0.3) is 10.4 Å². The van der Waals surface area contributed by atoms with E-state index in [1.54, 1.807) is 38.7 Å². The second-order valence-corrected chi connectivity index (χ2v) is 8.50. The van der Waals surface area contributed by atoms with Gasteiger partial charge in [-0.15, -0.1) is 0 Å². The Morgan fingerprint density at radius 1 is 1.28 bits per heavy atom. The van der Waals surface area contributed by atoms with E-state index in [4.69, 9.17) is 10.3 Å². The highest BCUT2D eigenvalue weighted by atomic mass is 32.3. The average molecular weight is 429 g/mol. The Morgan fingerprint density at radius 3 is 2.41 bits per heavy atom. The number of ether oxygens (including phenoxy) is 1. The molecule has 0 spiro atoms. The van der Waals surface area contributed by atoms with E-state index in [0.29, 0.717) is 43.0 Å². The summed E-state index contributed by atoms with van der Waals surface area (Å²) in [4.78, 5) is 18.4. The number of hydrogen-bond acceptors (Lipinski definition) is 7. The molecule has 0 aromatic heterocycles. The number of carbonyl (C=O) groups is 1. The number of amides is 1. The molecule has 0 atom stereocenters. The Morgan fingerprint density at radius 2 is 1.90 bits per heavy atom. The minimum absolute atomic E-state index is 0.0449. The van der Waals surface area contributed by atoms with Gasteiger partial charge in [-0.1, -0.05) is 9.00 Å². The van der Waals surface area contributed by atoms with Crippen molar-refractivity contribution in [2.45, 2.75) is 39.8 Å². The molecule has 0 bridgehead atoms. The maximum atomic E-state index is 13.1. The van der Waals surface area contributed by atoms with Crippen molar-refractivity contribution in [3.8, 4) is 5.75 Å². The van der Waals surface area contributed by atoms with Gasteiger partial charge >= 0.3 is 16.6 Å². The van der Waals surface area contributed by atoms with Crippen molar-refractivity contribution in [2.24, 2.45) is 5.11 Å². The molecule has 0 unspecified atom stereocenters. The molecule has 29 heavy (non-hydrogen) atoms. The molecule has 1 aliphatic rings. The summed E-state index contributed by atoms with van der Waals surface area (Å²) >= 11 is 0. The fourth-order valence-electron chi connectivity index (χ4n) is 2.85. The number of hydrogen-bond donors (Lipinski definition) is 0. The largest absolute Gasteiger partial charge is 0.488 e. The summed E-state index contributed by atoms with van der Waals surface area (Å²) in [5.74, 6) is -0.178. The van der Waals surface area contributed by atoms with Gasteiger partial charge in [-0.25, -0.2) is 4.79 Å². The van der Waals surface area contributed by atoms with Crippen LogP contribution in [0, 0.1) is 6.92 Å². The van der Waals surface area contributed by atoms with Gasteiger partial charge in [-0.3, -0.25) is 0 Å². The summed E-state index contributed by atoms with van der Waals surface area (Å²) in [5.41, 5.74) is 9.41. The fraction of sp³-hybridized carbons (Fsp3) is 0.588. The van der Waals surface area contributed by atoms with Crippen molar-refractivity contribution in [1.82, 2.24) is 4.90 Å². The summed E-state index contributed by atoms with van der Waals surface area (Å²) in [6.07, 6.45) is -0.405.